The van der Waals surface area contributed by atoms with Gasteiger partial charge in [0, 0.05) is 19.2 Å². The van der Waals surface area contributed by atoms with Gasteiger partial charge in [0.15, 0.2) is 11.2 Å². The molecular weight excluding hydrogens is 184 g/mol. The van der Waals surface area contributed by atoms with E-state index < -0.39 is 5.76 Å². The van der Waals surface area contributed by atoms with Crippen LogP contribution in [0.1, 0.15) is 6.42 Å². The lowest BCUT2D eigenvalue weighted by atomic mass is 10.4. The van der Waals surface area contributed by atoms with Gasteiger partial charge in [-0.05, 0) is 12.1 Å². The summed E-state index contributed by atoms with van der Waals surface area (Å²) in [5, 5.41) is 0. The molecule has 0 saturated carbocycles. The minimum atomic E-state index is -0.472. The molecule has 5 nitrogen and oxygen atoms in total. The van der Waals surface area contributed by atoms with Crippen molar-refractivity contribution in [3.63, 3.8) is 0 Å². The van der Waals surface area contributed by atoms with Crippen molar-refractivity contribution < 1.29 is 9.21 Å². The maximum Gasteiger partial charge on any atom is 0.421 e. The second-order valence-corrected chi connectivity index (χ2v) is 2.80. The average Bonchev–Trinajstić information content (AvgIpc) is 2.51. The van der Waals surface area contributed by atoms with E-state index in [2.05, 4.69) is 4.98 Å². The highest BCUT2D eigenvalue weighted by Crippen LogP contribution is 2.08. The second-order valence-electron chi connectivity index (χ2n) is 2.80. The molecule has 72 valence electrons. The Labute approximate surface area is 79.0 Å². The Kier molecular flexibility index (Phi) is 2.14. The predicted molar refractivity (Wildman–Crippen MR) is 49.0 cm³/mol. The molecule has 2 aromatic rings. The van der Waals surface area contributed by atoms with Gasteiger partial charge in [0.25, 0.3) is 0 Å². The predicted octanol–water partition coefficient (Wildman–Crippen LogP) is 0.578. The van der Waals surface area contributed by atoms with E-state index in [1.165, 1.54) is 4.57 Å². The molecule has 2 aromatic heterocycles. The molecule has 2 heterocycles. The zero-order chi connectivity index (χ0) is 9.97. The lowest BCUT2D eigenvalue weighted by Gasteiger charge is -1.95. The first kappa shape index (κ1) is 8.68. The highest BCUT2D eigenvalue weighted by molar-refractivity contribution is 5.67. The minimum absolute atomic E-state index is 0.283. The lowest BCUT2D eigenvalue weighted by molar-refractivity contribution is -0.108. The number of aldehydes is 1. The van der Waals surface area contributed by atoms with Crippen LogP contribution in [0.3, 0.4) is 0 Å². The van der Waals surface area contributed by atoms with Crippen LogP contribution in [0.4, 0.5) is 0 Å². The molecule has 0 atom stereocenters. The SMILES string of the molecule is O=CCCn1c(=O)oc2cccnc21. The molecule has 14 heavy (non-hydrogen) atoms. The standard InChI is InChI=1S/C9H8N2O3/c12-6-2-5-11-8-7(14-9(11)13)3-1-4-10-8/h1,3-4,6H,2,5H2. The van der Waals surface area contributed by atoms with Crippen molar-refractivity contribution in [1.29, 1.82) is 0 Å². The summed E-state index contributed by atoms with van der Waals surface area (Å²) in [5.41, 5.74) is 0.933. The first-order chi connectivity index (χ1) is 6.83. The van der Waals surface area contributed by atoms with Crippen LogP contribution in [0.25, 0.3) is 11.2 Å². The number of rotatable bonds is 3. The summed E-state index contributed by atoms with van der Waals surface area (Å²) < 4.78 is 6.28. The van der Waals surface area contributed by atoms with Crippen molar-refractivity contribution in [2.45, 2.75) is 13.0 Å². The van der Waals surface area contributed by atoms with Crippen LogP contribution >= 0.6 is 0 Å². The van der Waals surface area contributed by atoms with Crippen molar-refractivity contribution in [2.24, 2.45) is 0 Å². The van der Waals surface area contributed by atoms with Crippen molar-refractivity contribution in [1.82, 2.24) is 9.55 Å². The van der Waals surface area contributed by atoms with E-state index in [0.717, 1.165) is 6.29 Å². The van der Waals surface area contributed by atoms with Crippen LogP contribution in [-0.4, -0.2) is 15.8 Å². The summed E-state index contributed by atoms with van der Waals surface area (Å²) in [5.74, 6) is -0.472. The van der Waals surface area contributed by atoms with Gasteiger partial charge in [0.05, 0.1) is 0 Å². The van der Waals surface area contributed by atoms with Crippen LogP contribution in [-0.2, 0) is 11.3 Å². The van der Waals surface area contributed by atoms with Crippen LogP contribution in [0.2, 0.25) is 0 Å². The van der Waals surface area contributed by atoms with Gasteiger partial charge in [0.2, 0.25) is 0 Å². The Morgan fingerprint density at radius 2 is 2.43 bits per heavy atom. The zero-order valence-electron chi connectivity index (χ0n) is 7.34. The molecule has 0 aliphatic carbocycles. The smallest absolute Gasteiger partial charge is 0.406 e. The number of hydrogen-bond acceptors (Lipinski definition) is 4. The summed E-state index contributed by atoms with van der Waals surface area (Å²) in [7, 11) is 0. The molecule has 0 aromatic carbocycles. The Morgan fingerprint density at radius 1 is 1.57 bits per heavy atom. The van der Waals surface area contributed by atoms with Gasteiger partial charge in [-0.1, -0.05) is 0 Å². The largest absolute Gasteiger partial charge is 0.421 e. The quantitative estimate of drug-likeness (QED) is 0.667. The third-order valence-electron chi connectivity index (χ3n) is 1.89. The summed E-state index contributed by atoms with van der Waals surface area (Å²) in [6, 6.07) is 3.36. The molecule has 0 radical (unpaired) electrons. The van der Waals surface area contributed by atoms with Crippen molar-refractivity contribution in [3.05, 3.63) is 28.9 Å². The second kappa shape index (κ2) is 3.45. The Morgan fingerprint density at radius 3 is 3.21 bits per heavy atom. The fourth-order valence-corrected chi connectivity index (χ4v) is 1.28. The Bertz CT molecular complexity index is 512. The third-order valence-corrected chi connectivity index (χ3v) is 1.89. The van der Waals surface area contributed by atoms with Crippen LogP contribution in [0, 0.1) is 0 Å². The fraction of sp³-hybridized carbons (Fsp3) is 0.222. The van der Waals surface area contributed by atoms with Gasteiger partial charge < -0.3 is 9.21 Å². The zero-order valence-corrected chi connectivity index (χ0v) is 7.34. The number of carbonyl (C=O) groups excluding carboxylic acids is 1. The van der Waals surface area contributed by atoms with Gasteiger partial charge in [-0.3, -0.25) is 4.57 Å². The minimum Gasteiger partial charge on any atom is -0.406 e. The first-order valence-corrected chi connectivity index (χ1v) is 4.21. The summed E-state index contributed by atoms with van der Waals surface area (Å²) in [6.07, 6.45) is 2.62. The van der Waals surface area contributed by atoms with Crippen molar-refractivity contribution in [3.8, 4) is 0 Å². The maximum atomic E-state index is 11.3. The highest BCUT2D eigenvalue weighted by Gasteiger charge is 2.08. The number of fused-ring (bicyclic) bond motifs is 1. The van der Waals surface area contributed by atoms with E-state index in [9.17, 15) is 9.59 Å². The van der Waals surface area contributed by atoms with Crippen LogP contribution < -0.4 is 5.76 Å². The molecule has 0 aliphatic rings. The summed E-state index contributed by atoms with van der Waals surface area (Å²) >= 11 is 0. The van der Waals surface area contributed by atoms with Crippen molar-refractivity contribution in [2.75, 3.05) is 0 Å². The van der Waals surface area contributed by atoms with E-state index in [1.54, 1.807) is 18.3 Å². The number of oxazole rings is 1. The summed E-state index contributed by atoms with van der Waals surface area (Å²) in [6.45, 7) is 0.312. The molecule has 0 N–H and O–H groups in total. The average molecular weight is 192 g/mol. The number of hydrogen-bond donors (Lipinski definition) is 0. The van der Waals surface area contributed by atoms with Crippen molar-refractivity contribution >= 4 is 17.5 Å². The molecule has 0 bridgehead atoms. The van der Waals surface area contributed by atoms with Gasteiger partial charge in [-0.2, -0.15) is 0 Å². The van der Waals surface area contributed by atoms with Gasteiger partial charge >= 0.3 is 5.76 Å². The van der Waals surface area contributed by atoms with Gasteiger partial charge in [-0.15, -0.1) is 0 Å². The lowest BCUT2D eigenvalue weighted by Crippen LogP contribution is -2.14. The van der Waals surface area contributed by atoms with Gasteiger partial charge in [-0.25, -0.2) is 9.78 Å². The normalized spacial score (nSPS) is 10.6. The molecule has 0 spiro atoms. The molecule has 0 amide bonds. The number of carbonyl (C=O) groups is 1. The van der Waals surface area contributed by atoms with E-state index in [0.29, 0.717) is 17.8 Å². The molecule has 0 unspecified atom stereocenters. The molecule has 0 aliphatic heterocycles. The highest BCUT2D eigenvalue weighted by atomic mass is 16.4. The molecule has 5 heteroatoms. The van der Waals surface area contributed by atoms with E-state index >= 15 is 0 Å². The Hall–Kier alpha value is -1.91. The van der Waals surface area contributed by atoms with Crippen LogP contribution in [0.15, 0.2) is 27.5 Å². The first-order valence-electron chi connectivity index (χ1n) is 4.21. The molecule has 2 rings (SSSR count). The summed E-state index contributed by atoms with van der Waals surface area (Å²) in [4.78, 5) is 25.5. The number of nitrogens with zero attached hydrogens (tertiary/aromatic N) is 2. The number of aromatic nitrogens is 2. The van der Waals surface area contributed by atoms with E-state index in [1.807, 2.05) is 0 Å². The maximum absolute atomic E-state index is 11.3. The van der Waals surface area contributed by atoms with Gasteiger partial charge in [0.1, 0.15) is 6.29 Å². The third kappa shape index (κ3) is 1.32. The fourth-order valence-electron chi connectivity index (χ4n) is 1.28. The van der Waals surface area contributed by atoms with E-state index in [4.69, 9.17) is 4.42 Å². The topological polar surface area (TPSA) is 65.1 Å². The monoisotopic (exact) mass is 192 g/mol. The molecular formula is C9H8N2O3. The molecule has 0 saturated heterocycles. The Balaban J connectivity index is 2.56. The number of aryl methyl sites for hydroxylation is 1. The van der Waals surface area contributed by atoms with Crippen LogP contribution in [0.5, 0.6) is 0 Å². The molecule has 0 fully saturated rings. The number of pyridine rings is 1. The van der Waals surface area contributed by atoms with E-state index in [-0.39, 0.29) is 6.42 Å².